The van der Waals surface area contributed by atoms with E-state index in [1.165, 1.54) is 31.5 Å². The number of nitrogens with one attached hydrogen (secondary N) is 2. The molecular weight excluding hydrogens is 362 g/mol. The van der Waals surface area contributed by atoms with Crippen molar-refractivity contribution in [3.63, 3.8) is 0 Å². The van der Waals surface area contributed by atoms with Crippen LogP contribution < -0.4 is 10.6 Å². The first-order valence-electron chi connectivity index (χ1n) is 11.2. The zero-order valence-electron chi connectivity index (χ0n) is 18.9. The lowest BCUT2D eigenvalue weighted by Crippen LogP contribution is -2.46. The topological polar surface area (TPSA) is 52.1 Å². The second-order valence-corrected chi connectivity index (χ2v) is 7.76. The van der Waals surface area contributed by atoms with Crippen molar-refractivity contribution in [3.05, 3.63) is 35.9 Å². The molecule has 2 N–H and O–H groups in total. The SMILES string of the molecule is CCN(CC)C(CNC(=NC)NCC1CCN(CCOC)CC1)c1ccccc1. The molecule has 1 unspecified atom stereocenters. The van der Waals surface area contributed by atoms with Gasteiger partial charge in [0.25, 0.3) is 0 Å². The van der Waals surface area contributed by atoms with Gasteiger partial charge >= 0.3 is 0 Å². The predicted molar refractivity (Wildman–Crippen MR) is 123 cm³/mol. The van der Waals surface area contributed by atoms with E-state index in [1.807, 2.05) is 7.05 Å². The van der Waals surface area contributed by atoms with Gasteiger partial charge in [0.1, 0.15) is 0 Å². The Morgan fingerprint density at radius 2 is 1.86 bits per heavy atom. The lowest BCUT2D eigenvalue weighted by molar-refractivity contribution is 0.121. The number of hydrogen-bond donors (Lipinski definition) is 2. The third-order valence-corrected chi connectivity index (χ3v) is 6.00. The molecule has 29 heavy (non-hydrogen) atoms. The Bertz CT molecular complexity index is 568. The minimum Gasteiger partial charge on any atom is -0.383 e. The molecule has 0 bridgehead atoms. The molecule has 0 aliphatic carbocycles. The van der Waals surface area contributed by atoms with E-state index in [2.05, 4.69) is 69.6 Å². The monoisotopic (exact) mass is 403 g/mol. The van der Waals surface area contributed by atoms with Gasteiger partial charge in [-0.2, -0.15) is 0 Å². The summed E-state index contributed by atoms with van der Waals surface area (Å²) in [6.45, 7) is 12.6. The van der Waals surface area contributed by atoms with E-state index >= 15 is 0 Å². The Hall–Kier alpha value is -1.63. The van der Waals surface area contributed by atoms with Gasteiger partial charge in [-0.25, -0.2) is 0 Å². The minimum atomic E-state index is 0.341. The van der Waals surface area contributed by atoms with Gasteiger partial charge in [-0.3, -0.25) is 9.89 Å². The number of methoxy groups -OCH3 is 1. The summed E-state index contributed by atoms with van der Waals surface area (Å²) < 4.78 is 5.19. The summed E-state index contributed by atoms with van der Waals surface area (Å²) in [7, 11) is 3.63. The second-order valence-electron chi connectivity index (χ2n) is 7.76. The van der Waals surface area contributed by atoms with Crippen LogP contribution in [0.25, 0.3) is 0 Å². The highest BCUT2D eigenvalue weighted by atomic mass is 16.5. The number of nitrogens with zero attached hydrogens (tertiary/aromatic N) is 3. The van der Waals surface area contributed by atoms with Crippen LogP contribution in [0.5, 0.6) is 0 Å². The van der Waals surface area contributed by atoms with Gasteiger partial charge in [0.2, 0.25) is 0 Å². The Kier molecular flexibility index (Phi) is 11.1. The summed E-state index contributed by atoms with van der Waals surface area (Å²) in [5.74, 6) is 1.61. The molecule has 0 aromatic heterocycles. The maximum atomic E-state index is 5.19. The summed E-state index contributed by atoms with van der Waals surface area (Å²) in [5.41, 5.74) is 1.35. The number of aliphatic imine (C=N–C) groups is 1. The van der Waals surface area contributed by atoms with E-state index in [1.54, 1.807) is 7.11 Å². The molecule has 1 heterocycles. The van der Waals surface area contributed by atoms with Crippen molar-refractivity contribution >= 4 is 5.96 Å². The molecule has 0 radical (unpaired) electrons. The van der Waals surface area contributed by atoms with Crippen molar-refractivity contribution in [3.8, 4) is 0 Å². The maximum Gasteiger partial charge on any atom is 0.191 e. The summed E-state index contributed by atoms with van der Waals surface area (Å²) in [4.78, 5) is 9.45. The summed E-state index contributed by atoms with van der Waals surface area (Å²) in [6, 6.07) is 11.1. The molecule has 1 saturated heterocycles. The highest BCUT2D eigenvalue weighted by molar-refractivity contribution is 5.79. The van der Waals surface area contributed by atoms with Crippen LogP contribution in [0, 0.1) is 5.92 Å². The van der Waals surface area contributed by atoms with Crippen LogP contribution in [0.4, 0.5) is 0 Å². The van der Waals surface area contributed by atoms with E-state index in [-0.39, 0.29) is 0 Å². The Labute approximate surface area is 177 Å². The lowest BCUT2D eigenvalue weighted by Gasteiger charge is -2.33. The van der Waals surface area contributed by atoms with Crippen molar-refractivity contribution in [2.75, 3.05) is 66.6 Å². The number of benzene rings is 1. The number of hydrogen-bond acceptors (Lipinski definition) is 4. The Morgan fingerprint density at radius 3 is 2.45 bits per heavy atom. The number of piperidine rings is 1. The largest absolute Gasteiger partial charge is 0.383 e. The normalized spacial score (nSPS) is 17.5. The van der Waals surface area contributed by atoms with Crippen molar-refractivity contribution in [2.45, 2.75) is 32.7 Å². The first kappa shape index (κ1) is 23.6. The second kappa shape index (κ2) is 13.6. The fourth-order valence-electron chi connectivity index (χ4n) is 4.09. The van der Waals surface area contributed by atoms with Crippen molar-refractivity contribution in [2.24, 2.45) is 10.9 Å². The van der Waals surface area contributed by atoms with Gasteiger partial charge < -0.3 is 20.3 Å². The molecule has 1 aliphatic rings. The zero-order valence-corrected chi connectivity index (χ0v) is 18.9. The van der Waals surface area contributed by atoms with Crippen LogP contribution in [-0.4, -0.2) is 82.3 Å². The van der Waals surface area contributed by atoms with Crippen molar-refractivity contribution < 1.29 is 4.74 Å². The number of likely N-dealkylation sites (tertiary alicyclic amines) is 1. The number of rotatable bonds is 11. The van der Waals surface area contributed by atoms with Crippen LogP contribution in [0.15, 0.2) is 35.3 Å². The quantitative estimate of drug-likeness (QED) is 0.439. The lowest BCUT2D eigenvalue weighted by atomic mass is 9.97. The minimum absolute atomic E-state index is 0.341. The molecule has 164 valence electrons. The zero-order chi connectivity index (χ0) is 20.9. The summed E-state index contributed by atoms with van der Waals surface area (Å²) in [5, 5.41) is 7.12. The van der Waals surface area contributed by atoms with Crippen LogP contribution in [0.2, 0.25) is 0 Å². The molecule has 0 amide bonds. The van der Waals surface area contributed by atoms with Gasteiger partial charge in [0.15, 0.2) is 5.96 Å². The third-order valence-electron chi connectivity index (χ3n) is 6.00. The van der Waals surface area contributed by atoms with Crippen LogP contribution in [0.1, 0.15) is 38.3 Å². The first-order chi connectivity index (χ1) is 14.2. The summed E-state index contributed by atoms with van der Waals surface area (Å²) >= 11 is 0. The highest BCUT2D eigenvalue weighted by Crippen LogP contribution is 2.19. The van der Waals surface area contributed by atoms with Gasteiger partial charge in [0, 0.05) is 33.8 Å². The van der Waals surface area contributed by atoms with Gasteiger partial charge in [0.05, 0.1) is 12.6 Å². The van der Waals surface area contributed by atoms with Crippen LogP contribution in [-0.2, 0) is 4.74 Å². The molecule has 1 atom stereocenters. The third kappa shape index (κ3) is 7.96. The van der Waals surface area contributed by atoms with E-state index in [0.29, 0.717) is 12.0 Å². The number of ether oxygens (including phenoxy) is 1. The molecule has 1 aliphatic heterocycles. The van der Waals surface area contributed by atoms with E-state index < -0.39 is 0 Å². The average Bonchev–Trinajstić information content (AvgIpc) is 2.78. The first-order valence-corrected chi connectivity index (χ1v) is 11.2. The molecule has 1 fully saturated rings. The van der Waals surface area contributed by atoms with E-state index in [4.69, 9.17) is 4.74 Å². The molecule has 1 aromatic carbocycles. The van der Waals surface area contributed by atoms with Gasteiger partial charge in [-0.05, 0) is 50.5 Å². The number of likely N-dealkylation sites (N-methyl/N-ethyl adjacent to an activating group) is 1. The highest BCUT2D eigenvalue weighted by Gasteiger charge is 2.20. The predicted octanol–water partition coefficient (Wildman–Crippen LogP) is 2.59. The smallest absolute Gasteiger partial charge is 0.191 e. The van der Waals surface area contributed by atoms with Gasteiger partial charge in [-0.15, -0.1) is 0 Å². The maximum absolute atomic E-state index is 5.19. The number of guanidine groups is 1. The van der Waals surface area contributed by atoms with Gasteiger partial charge in [-0.1, -0.05) is 44.2 Å². The standard InChI is InChI=1S/C23H41N5O/c1-5-28(6-2)22(21-10-8-7-9-11-21)19-26-23(24-3)25-18-20-12-14-27(15-13-20)16-17-29-4/h7-11,20,22H,5-6,12-19H2,1-4H3,(H2,24,25,26). The van der Waals surface area contributed by atoms with Crippen LogP contribution in [0.3, 0.4) is 0 Å². The van der Waals surface area contributed by atoms with Crippen molar-refractivity contribution in [1.82, 2.24) is 20.4 Å². The molecule has 1 aromatic rings. The molecule has 6 heteroatoms. The molecule has 2 rings (SSSR count). The van der Waals surface area contributed by atoms with E-state index in [9.17, 15) is 0 Å². The fraction of sp³-hybridized carbons (Fsp3) is 0.696. The average molecular weight is 404 g/mol. The Balaban J connectivity index is 1.81. The Morgan fingerprint density at radius 1 is 1.17 bits per heavy atom. The van der Waals surface area contributed by atoms with Crippen molar-refractivity contribution in [1.29, 1.82) is 0 Å². The molecule has 0 spiro atoms. The molecular formula is C23H41N5O. The summed E-state index contributed by atoms with van der Waals surface area (Å²) in [6.07, 6.45) is 2.47. The fourth-order valence-corrected chi connectivity index (χ4v) is 4.09. The molecule has 0 saturated carbocycles. The van der Waals surface area contributed by atoms with E-state index in [0.717, 1.165) is 45.3 Å². The van der Waals surface area contributed by atoms with Crippen LogP contribution >= 0.6 is 0 Å². The molecule has 6 nitrogen and oxygen atoms in total.